The van der Waals surface area contributed by atoms with Crippen molar-refractivity contribution in [2.75, 3.05) is 0 Å². The Bertz CT molecular complexity index is 1040. The number of carbonyl (C=O) groups is 1. The standard InChI is InChI=1S/C20H16F5N3O/c1-2-28-18(13-6-7-15(21)16(22)9-13)10-17(27-28)19(29)26-11-12-4-3-5-14(8-12)20(23,24)25/h3-10H,2,11H2,1H3,(H,26,29). The van der Waals surface area contributed by atoms with E-state index in [1.807, 2.05) is 0 Å². The molecule has 0 aliphatic rings. The largest absolute Gasteiger partial charge is 0.416 e. The Morgan fingerprint density at radius 3 is 2.48 bits per heavy atom. The molecule has 3 aromatic rings. The molecular weight excluding hydrogens is 393 g/mol. The molecular formula is C20H16F5N3O. The first kappa shape index (κ1) is 20.5. The maximum Gasteiger partial charge on any atom is 0.416 e. The lowest BCUT2D eigenvalue weighted by atomic mass is 10.1. The second-order valence-corrected chi connectivity index (χ2v) is 6.24. The highest BCUT2D eigenvalue weighted by Gasteiger charge is 2.30. The summed E-state index contributed by atoms with van der Waals surface area (Å²) >= 11 is 0. The van der Waals surface area contributed by atoms with Gasteiger partial charge in [-0.15, -0.1) is 0 Å². The highest BCUT2D eigenvalue weighted by molar-refractivity contribution is 5.93. The van der Waals surface area contributed by atoms with Gasteiger partial charge in [0, 0.05) is 18.7 Å². The Kier molecular flexibility index (Phi) is 5.67. The first-order chi connectivity index (χ1) is 13.7. The van der Waals surface area contributed by atoms with Gasteiger partial charge in [0.1, 0.15) is 0 Å². The van der Waals surface area contributed by atoms with E-state index >= 15 is 0 Å². The second-order valence-electron chi connectivity index (χ2n) is 6.24. The monoisotopic (exact) mass is 409 g/mol. The zero-order valence-corrected chi connectivity index (χ0v) is 15.2. The van der Waals surface area contributed by atoms with Gasteiger partial charge in [0.2, 0.25) is 0 Å². The van der Waals surface area contributed by atoms with Crippen LogP contribution in [0.3, 0.4) is 0 Å². The van der Waals surface area contributed by atoms with Crippen LogP contribution in [-0.2, 0) is 19.3 Å². The molecule has 29 heavy (non-hydrogen) atoms. The van der Waals surface area contributed by atoms with Crippen LogP contribution in [0.15, 0.2) is 48.5 Å². The SMILES string of the molecule is CCn1nc(C(=O)NCc2cccc(C(F)(F)F)c2)cc1-c1ccc(F)c(F)c1. The molecule has 0 aliphatic heterocycles. The van der Waals surface area contributed by atoms with Crippen LogP contribution in [0.4, 0.5) is 22.0 Å². The summed E-state index contributed by atoms with van der Waals surface area (Å²) in [6.07, 6.45) is -4.47. The fraction of sp³-hybridized carbons (Fsp3) is 0.200. The van der Waals surface area contributed by atoms with Gasteiger partial charge >= 0.3 is 6.18 Å². The normalized spacial score (nSPS) is 11.5. The van der Waals surface area contributed by atoms with E-state index in [0.29, 0.717) is 17.8 Å². The molecule has 1 aromatic heterocycles. The van der Waals surface area contributed by atoms with E-state index in [2.05, 4.69) is 10.4 Å². The molecule has 0 bridgehead atoms. The number of aryl methyl sites for hydroxylation is 1. The fourth-order valence-corrected chi connectivity index (χ4v) is 2.79. The molecule has 3 rings (SSSR count). The molecule has 0 spiro atoms. The number of amides is 1. The summed E-state index contributed by atoms with van der Waals surface area (Å²) in [5, 5.41) is 6.65. The van der Waals surface area contributed by atoms with Crippen LogP contribution >= 0.6 is 0 Å². The number of benzene rings is 2. The fourth-order valence-electron chi connectivity index (χ4n) is 2.79. The minimum absolute atomic E-state index is 0.0126. The summed E-state index contributed by atoms with van der Waals surface area (Å²) in [6, 6.07) is 9.39. The number of hydrogen-bond donors (Lipinski definition) is 1. The summed E-state index contributed by atoms with van der Waals surface area (Å²) in [5.74, 6) is -2.62. The molecule has 0 unspecified atom stereocenters. The van der Waals surface area contributed by atoms with Gasteiger partial charge in [-0.3, -0.25) is 9.48 Å². The maximum absolute atomic E-state index is 13.5. The van der Waals surface area contributed by atoms with E-state index in [0.717, 1.165) is 24.3 Å². The molecule has 4 nitrogen and oxygen atoms in total. The summed E-state index contributed by atoms with van der Waals surface area (Å²) in [4.78, 5) is 12.4. The molecule has 2 aromatic carbocycles. The van der Waals surface area contributed by atoms with Crippen LogP contribution in [0, 0.1) is 11.6 Å². The van der Waals surface area contributed by atoms with E-state index in [4.69, 9.17) is 0 Å². The van der Waals surface area contributed by atoms with Crippen LogP contribution < -0.4 is 5.32 Å². The lowest BCUT2D eigenvalue weighted by Gasteiger charge is -2.09. The van der Waals surface area contributed by atoms with Crippen molar-refractivity contribution >= 4 is 5.91 Å². The Hall–Kier alpha value is -3.23. The zero-order chi connectivity index (χ0) is 21.2. The van der Waals surface area contributed by atoms with E-state index in [1.165, 1.54) is 28.9 Å². The minimum Gasteiger partial charge on any atom is -0.347 e. The molecule has 0 radical (unpaired) electrons. The maximum atomic E-state index is 13.5. The number of alkyl halides is 3. The quantitative estimate of drug-likeness (QED) is 0.616. The van der Waals surface area contributed by atoms with Gasteiger partial charge < -0.3 is 5.32 Å². The third-order valence-electron chi connectivity index (χ3n) is 4.23. The summed E-state index contributed by atoms with van der Waals surface area (Å²) in [5.41, 5.74) is 0.244. The van der Waals surface area contributed by atoms with Crippen molar-refractivity contribution in [2.24, 2.45) is 0 Å². The third-order valence-corrected chi connectivity index (χ3v) is 4.23. The molecule has 0 saturated heterocycles. The molecule has 0 fully saturated rings. The molecule has 0 aliphatic carbocycles. The molecule has 1 heterocycles. The van der Waals surface area contributed by atoms with Gasteiger partial charge in [0.15, 0.2) is 17.3 Å². The predicted molar refractivity (Wildman–Crippen MR) is 95.9 cm³/mol. The molecule has 0 saturated carbocycles. The van der Waals surface area contributed by atoms with Crippen molar-refractivity contribution in [1.29, 1.82) is 0 Å². The van der Waals surface area contributed by atoms with E-state index in [9.17, 15) is 26.7 Å². The Morgan fingerprint density at radius 1 is 1.07 bits per heavy atom. The minimum atomic E-state index is -4.47. The average molecular weight is 409 g/mol. The molecule has 1 amide bonds. The van der Waals surface area contributed by atoms with E-state index < -0.39 is 29.3 Å². The van der Waals surface area contributed by atoms with Crippen LogP contribution in [-0.4, -0.2) is 15.7 Å². The van der Waals surface area contributed by atoms with Gasteiger partial charge in [-0.05, 0) is 48.9 Å². The number of hydrogen-bond acceptors (Lipinski definition) is 2. The van der Waals surface area contributed by atoms with Gasteiger partial charge in [0.05, 0.1) is 11.3 Å². The van der Waals surface area contributed by atoms with Crippen molar-refractivity contribution in [2.45, 2.75) is 26.2 Å². The zero-order valence-electron chi connectivity index (χ0n) is 15.2. The topological polar surface area (TPSA) is 46.9 Å². The van der Waals surface area contributed by atoms with Crippen molar-refractivity contribution in [3.8, 4) is 11.3 Å². The van der Waals surface area contributed by atoms with Gasteiger partial charge in [-0.2, -0.15) is 18.3 Å². The summed E-state index contributed by atoms with van der Waals surface area (Å²) in [7, 11) is 0. The second kappa shape index (κ2) is 8.02. The molecule has 9 heteroatoms. The smallest absolute Gasteiger partial charge is 0.347 e. The summed E-state index contributed by atoms with van der Waals surface area (Å²) < 4.78 is 66.5. The third kappa shape index (κ3) is 4.61. The van der Waals surface area contributed by atoms with Crippen LogP contribution in [0.1, 0.15) is 28.5 Å². The Labute approximate surface area is 163 Å². The van der Waals surface area contributed by atoms with Crippen molar-refractivity contribution in [3.05, 3.63) is 77.0 Å². The average Bonchev–Trinajstić information content (AvgIpc) is 3.12. The van der Waals surface area contributed by atoms with Crippen molar-refractivity contribution in [1.82, 2.24) is 15.1 Å². The number of rotatable bonds is 5. The van der Waals surface area contributed by atoms with Gasteiger partial charge in [-0.25, -0.2) is 8.78 Å². The molecule has 152 valence electrons. The summed E-state index contributed by atoms with van der Waals surface area (Å²) in [6.45, 7) is 2.01. The lowest BCUT2D eigenvalue weighted by Crippen LogP contribution is -2.23. The lowest BCUT2D eigenvalue weighted by molar-refractivity contribution is -0.137. The van der Waals surface area contributed by atoms with Gasteiger partial charge in [-0.1, -0.05) is 12.1 Å². The highest BCUT2D eigenvalue weighted by atomic mass is 19.4. The number of aromatic nitrogens is 2. The predicted octanol–water partition coefficient (Wildman–Crippen LogP) is 4.80. The first-order valence-electron chi connectivity index (χ1n) is 8.66. The Morgan fingerprint density at radius 2 is 1.83 bits per heavy atom. The number of halogens is 5. The van der Waals surface area contributed by atoms with Crippen molar-refractivity contribution in [3.63, 3.8) is 0 Å². The van der Waals surface area contributed by atoms with Gasteiger partial charge in [0.25, 0.3) is 5.91 Å². The first-order valence-corrected chi connectivity index (χ1v) is 8.66. The number of nitrogens with one attached hydrogen (secondary N) is 1. The number of nitrogens with zero attached hydrogens (tertiary/aromatic N) is 2. The Balaban J connectivity index is 1.78. The molecule has 1 N–H and O–H groups in total. The van der Waals surface area contributed by atoms with Crippen LogP contribution in [0.25, 0.3) is 11.3 Å². The molecule has 0 atom stereocenters. The number of carbonyl (C=O) groups excluding carboxylic acids is 1. The van der Waals surface area contributed by atoms with Crippen LogP contribution in [0.2, 0.25) is 0 Å². The van der Waals surface area contributed by atoms with E-state index in [-0.39, 0.29) is 17.8 Å². The van der Waals surface area contributed by atoms with Crippen LogP contribution in [0.5, 0.6) is 0 Å². The van der Waals surface area contributed by atoms with E-state index in [1.54, 1.807) is 6.92 Å². The van der Waals surface area contributed by atoms with Crippen molar-refractivity contribution < 1.29 is 26.7 Å². The highest BCUT2D eigenvalue weighted by Crippen LogP contribution is 2.29.